The second-order valence-corrected chi connectivity index (χ2v) is 6.75. The number of aryl methyl sites for hydroxylation is 2. The van der Waals surface area contributed by atoms with E-state index in [0.29, 0.717) is 0 Å². The van der Waals surface area contributed by atoms with E-state index in [1.54, 1.807) is 11.3 Å². The van der Waals surface area contributed by atoms with Gasteiger partial charge in [0, 0.05) is 11.8 Å². The monoisotopic (exact) mass is 310 g/mol. The number of hydrogen-bond donors (Lipinski definition) is 1. The average molecular weight is 310 g/mol. The van der Waals surface area contributed by atoms with Crippen LogP contribution < -0.4 is 5.32 Å². The molecule has 1 N–H and O–H groups in total. The zero-order valence-electron chi connectivity index (χ0n) is 12.3. The molecule has 2 heterocycles. The van der Waals surface area contributed by atoms with E-state index in [1.165, 1.54) is 16.4 Å². The van der Waals surface area contributed by atoms with Crippen LogP contribution in [0.4, 0.5) is 0 Å². The Bertz CT molecular complexity index is 521. The second-order valence-electron chi connectivity index (χ2n) is 4.90. The Morgan fingerprint density at radius 2 is 2.15 bits per heavy atom. The fourth-order valence-corrected chi connectivity index (χ4v) is 3.57. The van der Waals surface area contributed by atoms with Crippen LogP contribution in [0.2, 0.25) is 0 Å². The van der Waals surface area contributed by atoms with E-state index >= 15 is 0 Å². The van der Waals surface area contributed by atoms with Crippen LogP contribution in [0.25, 0.3) is 0 Å². The van der Waals surface area contributed by atoms with Crippen LogP contribution >= 0.6 is 22.9 Å². The van der Waals surface area contributed by atoms with Gasteiger partial charge in [-0.25, -0.2) is 4.98 Å². The average Bonchev–Trinajstić information content (AvgIpc) is 3.04. The van der Waals surface area contributed by atoms with Crippen molar-refractivity contribution in [3.8, 4) is 0 Å². The molecule has 0 spiro atoms. The molecule has 4 nitrogen and oxygen atoms in total. The van der Waals surface area contributed by atoms with Gasteiger partial charge in [-0.05, 0) is 37.8 Å². The van der Waals surface area contributed by atoms with Gasteiger partial charge in [0.2, 0.25) is 0 Å². The highest BCUT2D eigenvalue weighted by Gasteiger charge is 2.19. The Morgan fingerprint density at radius 1 is 1.30 bits per heavy atom. The Kier molecular flexibility index (Phi) is 6.06. The molecular formula is C14H22N4S2. The normalized spacial score (nSPS) is 12.8. The van der Waals surface area contributed by atoms with E-state index in [-0.39, 0.29) is 6.04 Å². The van der Waals surface area contributed by atoms with E-state index in [0.717, 1.165) is 48.6 Å². The van der Waals surface area contributed by atoms with Crippen molar-refractivity contribution >= 4 is 22.9 Å². The molecule has 2 aromatic rings. The predicted octanol–water partition coefficient (Wildman–Crippen LogP) is 3.54. The topological polar surface area (TPSA) is 50.7 Å². The molecule has 1 atom stereocenters. The number of thiazole rings is 1. The predicted molar refractivity (Wildman–Crippen MR) is 85.5 cm³/mol. The summed E-state index contributed by atoms with van der Waals surface area (Å²) in [5.41, 5.74) is 2.31. The molecule has 0 bridgehead atoms. The van der Waals surface area contributed by atoms with E-state index < -0.39 is 0 Å². The van der Waals surface area contributed by atoms with Gasteiger partial charge in [0.1, 0.15) is 0 Å². The molecule has 0 aromatic carbocycles. The fourth-order valence-electron chi connectivity index (χ4n) is 2.18. The molecule has 0 radical (unpaired) electrons. The molecule has 0 saturated carbocycles. The molecule has 20 heavy (non-hydrogen) atoms. The molecule has 0 fully saturated rings. The summed E-state index contributed by atoms with van der Waals surface area (Å²) in [6, 6.07) is 0.290. The van der Waals surface area contributed by atoms with Crippen LogP contribution in [0.15, 0.2) is 5.38 Å². The summed E-state index contributed by atoms with van der Waals surface area (Å²) in [5, 5.41) is 11.2. The Hall–Kier alpha value is -0.850. The first-order valence-electron chi connectivity index (χ1n) is 7.20. The largest absolute Gasteiger partial charge is 0.309 e. The van der Waals surface area contributed by atoms with Gasteiger partial charge < -0.3 is 5.32 Å². The van der Waals surface area contributed by atoms with Gasteiger partial charge >= 0.3 is 0 Å². The first kappa shape index (κ1) is 15.5. The van der Waals surface area contributed by atoms with Crippen molar-refractivity contribution in [1.82, 2.24) is 19.9 Å². The molecule has 1 unspecified atom stereocenters. The van der Waals surface area contributed by atoms with Crippen LogP contribution in [0.3, 0.4) is 0 Å². The Balaban J connectivity index is 2.15. The molecule has 2 aromatic heterocycles. The van der Waals surface area contributed by atoms with Gasteiger partial charge in [-0.2, -0.15) is 0 Å². The van der Waals surface area contributed by atoms with Crippen molar-refractivity contribution in [3.05, 3.63) is 26.7 Å². The quantitative estimate of drug-likeness (QED) is 0.810. The first-order valence-corrected chi connectivity index (χ1v) is 8.85. The second kappa shape index (κ2) is 7.81. The molecule has 6 heteroatoms. The maximum Gasteiger partial charge on any atom is 0.0897 e. The highest BCUT2D eigenvalue weighted by molar-refractivity contribution is 7.09. The molecule has 0 aliphatic carbocycles. The summed E-state index contributed by atoms with van der Waals surface area (Å²) in [5.74, 6) is 0. The number of hydrogen-bond acceptors (Lipinski definition) is 6. The number of rotatable bonds is 8. The maximum absolute atomic E-state index is 4.59. The van der Waals surface area contributed by atoms with Crippen molar-refractivity contribution in [2.24, 2.45) is 0 Å². The molecule has 110 valence electrons. The van der Waals surface area contributed by atoms with Crippen LogP contribution in [0, 0.1) is 6.92 Å². The maximum atomic E-state index is 4.59. The summed E-state index contributed by atoms with van der Waals surface area (Å²) in [4.78, 5) is 5.87. The minimum absolute atomic E-state index is 0.290. The molecule has 0 saturated heterocycles. The molecule has 0 amide bonds. The van der Waals surface area contributed by atoms with E-state index in [9.17, 15) is 0 Å². The van der Waals surface area contributed by atoms with Crippen LogP contribution in [-0.4, -0.2) is 21.1 Å². The van der Waals surface area contributed by atoms with Crippen molar-refractivity contribution in [2.45, 2.75) is 52.5 Å². The van der Waals surface area contributed by atoms with Gasteiger partial charge in [-0.3, -0.25) is 0 Å². The van der Waals surface area contributed by atoms with E-state index in [2.05, 4.69) is 46.0 Å². The van der Waals surface area contributed by atoms with Gasteiger partial charge in [-0.15, -0.1) is 16.4 Å². The highest BCUT2D eigenvalue weighted by Crippen LogP contribution is 2.25. The summed E-state index contributed by atoms with van der Waals surface area (Å²) >= 11 is 3.24. The first-order chi connectivity index (χ1) is 9.74. The fraction of sp³-hybridized carbons (Fsp3) is 0.643. The third kappa shape index (κ3) is 4.07. The molecule has 0 aliphatic heterocycles. The molecular weight excluding hydrogens is 288 g/mol. The smallest absolute Gasteiger partial charge is 0.0897 e. The lowest BCUT2D eigenvalue weighted by atomic mass is 10.1. The van der Waals surface area contributed by atoms with Crippen LogP contribution in [0.5, 0.6) is 0 Å². The standard InChI is InChI=1S/C14H22N4S2/c1-4-6-12-14(20-18-17-12)13(15-7-5-2)8-11-9-19-10(3)16-11/h9,13,15H,4-8H2,1-3H3. The number of nitrogens with one attached hydrogen (secondary N) is 1. The van der Waals surface area contributed by atoms with Gasteiger partial charge in [0.15, 0.2) is 0 Å². The summed E-state index contributed by atoms with van der Waals surface area (Å²) in [6.07, 6.45) is 4.16. The zero-order valence-corrected chi connectivity index (χ0v) is 14.0. The summed E-state index contributed by atoms with van der Waals surface area (Å²) in [6.45, 7) is 7.44. The van der Waals surface area contributed by atoms with E-state index in [4.69, 9.17) is 0 Å². The summed E-state index contributed by atoms with van der Waals surface area (Å²) in [7, 11) is 0. The third-order valence-electron chi connectivity index (χ3n) is 3.11. The van der Waals surface area contributed by atoms with Crippen molar-refractivity contribution in [1.29, 1.82) is 0 Å². The third-order valence-corrected chi connectivity index (χ3v) is 4.81. The molecule has 0 aliphatic rings. The van der Waals surface area contributed by atoms with Crippen molar-refractivity contribution in [3.63, 3.8) is 0 Å². The number of nitrogens with zero attached hydrogens (tertiary/aromatic N) is 3. The Morgan fingerprint density at radius 3 is 2.80 bits per heavy atom. The lowest BCUT2D eigenvalue weighted by Crippen LogP contribution is -2.24. The van der Waals surface area contributed by atoms with Crippen molar-refractivity contribution < 1.29 is 0 Å². The lowest BCUT2D eigenvalue weighted by molar-refractivity contribution is 0.527. The SMILES string of the molecule is CCCNC(Cc1csc(C)n1)c1snnc1CCC. The number of aromatic nitrogens is 3. The van der Waals surface area contributed by atoms with Gasteiger partial charge in [0.25, 0.3) is 0 Å². The van der Waals surface area contributed by atoms with Crippen molar-refractivity contribution in [2.75, 3.05) is 6.54 Å². The van der Waals surface area contributed by atoms with Gasteiger partial charge in [0.05, 0.1) is 27.3 Å². The minimum atomic E-state index is 0.290. The highest BCUT2D eigenvalue weighted by atomic mass is 32.1. The lowest BCUT2D eigenvalue weighted by Gasteiger charge is -2.16. The van der Waals surface area contributed by atoms with Crippen LogP contribution in [-0.2, 0) is 12.8 Å². The van der Waals surface area contributed by atoms with E-state index in [1.807, 2.05) is 0 Å². The zero-order chi connectivity index (χ0) is 14.4. The van der Waals surface area contributed by atoms with Gasteiger partial charge in [-0.1, -0.05) is 24.8 Å². The molecule has 2 rings (SSSR count). The minimum Gasteiger partial charge on any atom is -0.309 e. The Labute approximate surface area is 128 Å². The van der Waals surface area contributed by atoms with Crippen LogP contribution in [0.1, 0.15) is 54.0 Å². The summed E-state index contributed by atoms with van der Waals surface area (Å²) < 4.78 is 4.15.